The molecule has 0 aromatic heterocycles. The van der Waals surface area contributed by atoms with Gasteiger partial charge in [-0.25, -0.2) is 0 Å². The van der Waals surface area contributed by atoms with Crippen LogP contribution in [-0.2, 0) is 0 Å². The van der Waals surface area contributed by atoms with Crippen LogP contribution in [0.15, 0.2) is 18.2 Å². The zero-order valence-corrected chi connectivity index (χ0v) is 11.7. The minimum Gasteiger partial charge on any atom is -0.486 e. The Bertz CT molecular complexity index is 491. The number of benzene rings is 1. The lowest BCUT2D eigenvalue weighted by molar-refractivity contribution is 0.171. The molecule has 1 heterocycles. The average molecular weight is 260 g/mol. The molecule has 1 N–H and O–H groups in total. The molecule has 1 aromatic rings. The molecule has 0 fully saturated rings. The molecule has 2 rings (SSSR count). The zero-order valence-electron chi connectivity index (χ0n) is 11.7. The fourth-order valence-electron chi connectivity index (χ4n) is 1.89. The van der Waals surface area contributed by atoms with Crippen molar-refractivity contribution >= 4 is 0 Å². The third kappa shape index (κ3) is 3.39. The van der Waals surface area contributed by atoms with Crippen molar-refractivity contribution in [3.8, 4) is 17.6 Å². The maximum absolute atomic E-state index is 9.01. The Morgan fingerprint density at radius 1 is 1.32 bits per heavy atom. The number of fused-ring (bicyclic) bond motifs is 1. The van der Waals surface area contributed by atoms with E-state index in [4.69, 9.17) is 14.7 Å². The van der Waals surface area contributed by atoms with Crippen LogP contribution in [0.2, 0.25) is 0 Å². The molecule has 0 radical (unpaired) electrons. The molecule has 4 heteroatoms. The van der Waals surface area contributed by atoms with Gasteiger partial charge in [0.15, 0.2) is 11.5 Å². The van der Waals surface area contributed by atoms with E-state index in [0.29, 0.717) is 19.8 Å². The summed E-state index contributed by atoms with van der Waals surface area (Å²) in [4.78, 5) is 0. The molecule has 4 nitrogen and oxygen atoms in total. The maximum Gasteiger partial charge on any atom is 0.161 e. The van der Waals surface area contributed by atoms with Crippen molar-refractivity contribution in [2.45, 2.75) is 26.8 Å². The third-order valence-electron chi connectivity index (χ3n) is 3.22. The normalized spacial score (nSPS) is 15.7. The highest BCUT2D eigenvalue weighted by Crippen LogP contribution is 2.32. The topological polar surface area (TPSA) is 54.3 Å². The third-order valence-corrected chi connectivity index (χ3v) is 3.22. The van der Waals surface area contributed by atoms with E-state index in [-0.39, 0.29) is 11.5 Å². The number of rotatable bonds is 4. The predicted octanol–water partition coefficient (Wildman–Crippen LogP) is 2.66. The second kappa shape index (κ2) is 5.50. The molecule has 0 saturated carbocycles. The lowest BCUT2D eigenvalue weighted by atomic mass is 9.95. The predicted molar refractivity (Wildman–Crippen MR) is 73.2 cm³/mol. The van der Waals surface area contributed by atoms with E-state index in [2.05, 4.69) is 18.3 Å². The number of hydrogen-bond acceptors (Lipinski definition) is 4. The first kappa shape index (κ1) is 13.7. The summed E-state index contributed by atoms with van der Waals surface area (Å²) in [7, 11) is 0. The first-order chi connectivity index (χ1) is 9.02. The Labute approximate surface area is 114 Å². The monoisotopic (exact) mass is 260 g/mol. The van der Waals surface area contributed by atoms with Gasteiger partial charge in [0.25, 0.3) is 0 Å². The first-order valence-corrected chi connectivity index (χ1v) is 6.56. The summed E-state index contributed by atoms with van der Waals surface area (Å²) >= 11 is 0. The van der Waals surface area contributed by atoms with Gasteiger partial charge in [-0.2, -0.15) is 5.26 Å². The smallest absolute Gasteiger partial charge is 0.161 e. The Hall–Kier alpha value is -1.73. The molecule has 1 atom stereocenters. The van der Waals surface area contributed by atoms with Gasteiger partial charge in [-0.15, -0.1) is 0 Å². The molecule has 0 spiro atoms. The Morgan fingerprint density at radius 3 is 2.68 bits per heavy atom. The van der Waals surface area contributed by atoms with Gasteiger partial charge in [-0.05, 0) is 38.5 Å². The van der Waals surface area contributed by atoms with Crippen molar-refractivity contribution in [3.05, 3.63) is 23.8 Å². The molecule has 0 aliphatic carbocycles. The van der Waals surface area contributed by atoms with Crippen LogP contribution in [-0.4, -0.2) is 19.8 Å². The number of nitrogens with zero attached hydrogens (tertiary/aromatic N) is 1. The Kier molecular flexibility index (Phi) is 3.96. The highest BCUT2D eigenvalue weighted by Gasteiger charge is 2.19. The minimum atomic E-state index is -0.359. The molecule has 1 aromatic carbocycles. The largest absolute Gasteiger partial charge is 0.486 e. The van der Waals surface area contributed by atoms with Crippen molar-refractivity contribution < 1.29 is 9.47 Å². The Morgan fingerprint density at radius 2 is 2.00 bits per heavy atom. The number of hydrogen-bond donors (Lipinski definition) is 1. The summed E-state index contributed by atoms with van der Waals surface area (Å²) < 4.78 is 11.1. The molecule has 0 amide bonds. The SMILES string of the molecule is CC(NCC(C)(C)C#N)c1ccc2c(c1)OCCO2. The lowest BCUT2D eigenvalue weighted by Gasteiger charge is -2.23. The summed E-state index contributed by atoms with van der Waals surface area (Å²) in [5, 5.41) is 12.4. The van der Waals surface area contributed by atoms with E-state index in [1.54, 1.807) is 0 Å². The van der Waals surface area contributed by atoms with Gasteiger partial charge in [-0.1, -0.05) is 6.07 Å². The number of nitrogens with one attached hydrogen (secondary N) is 1. The van der Waals surface area contributed by atoms with E-state index in [9.17, 15) is 0 Å². The van der Waals surface area contributed by atoms with Crippen LogP contribution < -0.4 is 14.8 Å². The molecule has 102 valence electrons. The lowest BCUT2D eigenvalue weighted by Crippen LogP contribution is -2.30. The molecule has 1 aliphatic rings. The fourth-order valence-corrected chi connectivity index (χ4v) is 1.89. The maximum atomic E-state index is 9.01. The van der Waals surface area contributed by atoms with Gasteiger partial charge in [0, 0.05) is 12.6 Å². The summed E-state index contributed by atoms with van der Waals surface area (Å²) in [5.41, 5.74) is 0.778. The van der Waals surface area contributed by atoms with Crippen LogP contribution in [0.25, 0.3) is 0 Å². The summed E-state index contributed by atoms with van der Waals surface area (Å²) in [6, 6.07) is 8.44. The molecular formula is C15H20N2O2. The van der Waals surface area contributed by atoms with Crippen LogP contribution in [0.1, 0.15) is 32.4 Å². The fraction of sp³-hybridized carbons (Fsp3) is 0.533. The van der Waals surface area contributed by atoms with Gasteiger partial charge in [0.2, 0.25) is 0 Å². The van der Waals surface area contributed by atoms with Crippen molar-refractivity contribution in [1.82, 2.24) is 5.32 Å². The van der Waals surface area contributed by atoms with Crippen molar-refractivity contribution in [2.24, 2.45) is 5.41 Å². The van der Waals surface area contributed by atoms with Crippen LogP contribution in [0.3, 0.4) is 0 Å². The van der Waals surface area contributed by atoms with Crippen LogP contribution >= 0.6 is 0 Å². The van der Waals surface area contributed by atoms with Gasteiger partial charge in [0.1, 0.15) is 13.2 Å². The van der Waals surface area contributed by atoms with E-state index < -0.39 is 0 Å². The highest BCUT2D eigenvalue weighted by molar-refractivity contribution is 5.44. The summed E-state index contributed by atoms with van der Waals surface area (Å²) in [5.74, 6) is 1.61. The molecule has 0 saturated heterocycles. The van der Waals surface area contributed by atoms with Crippen molar-refractivity contribution in [2.75, 3.05) is 19.8 Å². The molecule has 1 aliphatic heterocycles. The first-order valence-electron chi connectivity index (χ1n) is 6.56. The van der Waals surface area contributed by atoms with Crippen LogP contribution in [0.4, 0.5) is 0 Å². The summed E-state index contributed by atoms with van der Waals surface area (Å²) in [6.45, 7) is 7.79. The standard InChI is InChI=1S/C15H20N2O2/c1-11(17-10-15(2,3)9-16)12-4-5-13-14(8-12)19-7-6-18-13/h4-5,8,11,17H,6-7,10H2,1-3H3. The summed E-state index contributed by atoms with van der Waals surface area (Å²) in [6.07, 6.45) is 0. The van der Waals surface area contributed by atoms with E-state index >= 15 is 0 Å². The molecule has 0 bridgehead atoms. The van der Waals surface area contributed by atoms with Crippen LogP contribution in [0, 0.1) is 16.7 Å². The van der Waals surface area contributed by atoms with E-state index in [1.807, 2.05) is 32.0 Å². The minimum absolute atomic E-state index is 0.170. The van der Waals surface area contributed by atoms with Gasteiger partial charge >= 0.3 is 0 Å². The van der Waals surface area contributed by atoms with Gasteiger partial charge < -0.3 is 14.8 Å². The second-order valence-electron chi connectivity index (χ2n) is 5.50. The highest BCUT2D eigenvalue weighted by atomic mass is 16.6. The molecule has 19 heavy (non-hydrogen) atoms. The average Bonchev–Trinajstić information content (AvgIpc) is 2.44. The molecule has 1 unspecified atom stereocenters. The Balaban J connectivity index is 2.03. The van der Waals surface area contributed by atoms with Crippen LogP contribution in [0.5, 0.6) is 11.5 Å². The van der Waals surface area contributed by atoms with Gasteiger partial charge in [0.05, 0.1) is 11.5 Å². The van der Waals surface area contributed by atoms with Crippen molar-refractivity contribution in [3.63, 3.8) is 0 Å². The van der Waals surface area contributed by atoms with E-state index in [0.717, 1.165) is 17.1 Å². The van der Waals surface area contributed by atoms with E-state index in [1.165, 1.54) is 0 Å². The zero-order chi connectivity index (χ0) is 13.9. The molecular weight excluding hydrogens is 240 g/mol. The van der Waals surface area contributed by atoms with Crippen molar-refractivity contribution in [1.29, 1.82) is 5.26 Å². The van der Waals surface area contributed by atoms with Gasteiger partial charge in [-0.3, -0.25) is 0 Å². The number of nitriles is 1. The quantitative estimate of drug-likeness (QED) is 0.904. The number of ether oxygens (including phenoxy) is 2. The second-order valence-corrected chi connectivity index (χ2v) is 5.50.